The number of nitrogens with one attached hydrogen (secondary N) is 2. The lowest BCUT2D eigenvalue weighted by atomic mass is 9.49. The summed E-state index contributed by atoms with van der Waals surface area (Å²) in [6.07, 6.45) is 10.9. The van der Waals surface area contributed by atoms with Crippen LogP contribution in [-0.4, -0.2) is 25.7 Å². The van der Waals surface area contributed by atoms with Gasteiger partial charge in [-0.15, -0.1) is 0 Å². The summed E-state index contributed by atoms with van der Waals surface area (Å²) in [6, 6.07) is 8.24. The maximum Gasteiger partial charge on any atom is 0.00793 e. The Morgan fingerprint density at radius 1 is 1.04 bits per heavy atom. The fourth-order valence-electron chi connectivity index (χ4n) is 6.57. The Kier molecular flexibility index (Phi) is 5.91. The van der Waals surface area contributed by atoms with Gasteiger partial charge in [0, 0.05) is 25.7 Å². The minimum atomic E-state index is 0.363. The third-order valence-corrected chi connectivity index (χ3v) is 8.54. The van der Waals surface area contributed by atoms with E-state index in [1.807, 2.05) is 0 Å². The Hall–Kier alpha value is -0.860. The molecule has 0 unspecified atom stereocenters. The van der Waals surface area contributed by atoms with Gasteiger partial charge in [-0.2, -0.15) is 0 Å². The summed E-state index contributed by atoms with van der Waals surface area (Å²) < 4.78 is 0. The summed E-state index contributed by atoms with van der Waals surface area (Å²) in [5.41, 5.74) is 5.62. The van der Waals surface area contributed by atoms with Gasteiger partial charge in [0.05, 0.1) is 0 Å². The highest BCUT2D eigenvalue weighted by Gasteiger charge is 2.51. The number of hydrogen-bond acceptors (Lipinski definition) is 2. The van der Waals surface area contributed by atoms with Crippen molar-refractivity contribution < 1.29 is 0 Å². The number of fused-ring (bicyclic) bond motifs is 3. The zero-order valence-electron chi connectivity index (χ0n) is 18.7. The van der Waals surface area contributed by atoms with Gasteiger partial charge in [0.25, 0.3) is 0 Å². The van der Waals surface area contributed by atoms with Crippen LogP contribution in [0.2, 0.25) is 0 Å². The Bertz CT molecular complexity index is 677. The van der Waals surface area contributed by atoms with E-state index in [9.17, 15) is 0 Å². The van der Waals surface area contributed by atoms with Crippen molar-refractivity contribution in [3.05, 3.63) is 34.9 Å². The summed E-state index contributed by atoms with van der Waals surface area (Å²) in [5, 5.41) is 7.53. The second-order valence-electron chi connectivity index (χ2n) is 10.8. The largest absolute Gasteiger partial charge is 0.315 e. The Morgan fingerprint density at radius 2 is 1.86 bits per heavy atom. The molecule has 3 atom stereocenters. The topological polar surface area (TPSA) is 24.1 Å². The van der Waals surface area contributed by atoms with Crippen LogP contribution in [0.5, 0.6) is 0 Å². The maximum atomic E-state index is 3.83. The first-order valence-corrected chi connectivity index (χ1v) is 12.0. The van der Waals surface area contributed by atoms with E-state index < -0.39 is 0 Å². The molecule has 2 fully saturated rings. The normalized spacial score (nSPS) is 32.7. The molecule has 0 heterocycles. The third kappa shape index (κ3) is 3.79. The monoisotopic (exact) mass is 382 g/mol. The summed E-state index contributed by atoms with van der Waals surface area (Å²) in [7, 11) is 0. The lowest BCUT2D eigenvalue weighted by molar-refractivity contribution is 0.0260. The number of benzene rings is 1. The van der Waals surface area contributed by atoms with Gasteiger partial charge in [0.2, 0.25) is 0 Å². The highest BCUT2D eigenvalue weighted by molar-refractivity contribution is 5.42. The second kappa shape index (κ2) is 8.11. The zero-order chi connectivity index (χ0) is 19.8. The first-order valence-electron chi connectivity index (χ1n) is 12.0. The van der Waals surface area contributed by atoms with Crippen LogP contribution in [0.25, 0.3) is 0 Å². The molecule has 0 amide bonds. The Labute approximate surface area is 173 Å². The molecule has 0 spiro atoms. The van der Waals surface area contributed by atoms with Crippen LogP contribution in [0.15, 0.2) is 18.2 Å². The van der Waals surface area contributed by atoms with Crippen LogP contribution < -0.4 is 10.6 Å². The van der Waals surface area contributed by atoms with E-state index in [1.54, 1.807) is 11.1 Å². The number of aryl methyl sites for hydroxylation is 1. The van der Waals surface area contributed by atoms with Gasteiger partial charge in [-0.05, 0) is 77.9 Å². The minimum absolute atomic E-state index is 0.363. The molecule has 156 valence electrons. The van der Waals surface area contributed by atoms with Crippen molar-refractivity contribution in [1.82, 2.24) is 10.6 Å². The molecular weight excluding hydrogens is 340 g/mol. The van der Waals surface area contributed by atoms with Crippen molar-refractivity contribution >= 4 is 0 Å². The molecule has 1 aromatic rings. The summed E-state index contributed by atoms with van der Waals surface area (Å²) in [5.74, 6) is 1.43. The average molecular weight is 383 g/mol. The molecule has 3 aliphatic carbocycles. The molecular formula is C26H42N2. The van der Waals surface area contributed by atoms with Gasteiger partial charge in [0.1, 0.15) is 0 Å². The molecule has 0 bridgehead atoms. The van der Waals surface area contributed by atoms with Gasteiger partial charge in [-0.1, -0.05) is 58.7 Å². The molecule has 2 nitrogen and oxygen atoms in total. The fraction of sp³-hybridized carbons (Fsp3) is 0.769. The van der Waals surface area contributed by atoms with Crippen LogP contribution >= 0.6 is 0 Å². The lowest BCUT2D eigenvalue weighted by Gasteiger charge is -2.55. The van der Waals surface area contributed by atoms with Gasteiger partial charge in [0.15, 0.2) is 0 Å². The molecule has 0 saturated heterocycles. The van der Waals surface area contributed by atoms with Crippen LogP contribution in [0.3, 0.4) is 0 Å². The average Bonchev–Trinajstić information content (AvgIpc) is 2.62. The third-order valence-electron chi connectivity index (χ3n) is 8.54. The van der Waals surface area contributed by atoms with Crippen LogP contribution in [0.4, 0.5) is 0 Å². The van der Waals surface area contributed by atoms with Crippen molar-refractivity contribution in [3.8, 4) is 0 Å². The van der Waals surface area contributed by atoms with E-state index in [0.29, 0.717) is 16.7 Å². The van der Waals surface area contributed by atoms with Gasteiger partial charge < -0.3 is 10.6 Å². The van der Waals surface area contributed by atoms with E-state index in [2.05, 4.69) is 56.5 Å². The standard InChI is InChI=1S/C26H42N2/c1-19(2)20-9-11-23-21(17-20)10-12-24-25(3,13-6-14-26(23,24)4)18-27-15-16-28-22-7-5-8-22/h9,11,17,19,22,24,27-28H,5-8,10,12-16,18H2,1-4H3/t24-,25-,26+/m0/s1. The first kappa shape index (κ1) is 20.4. The van der Waals surface area contributed by atoms with Gasteiger partial charge in [-0.25, -0.2) is 0 Å². The van der Waals surface area contributed by atoms with Crippen molar-refractivity contribution in [2.24, 2.45) is 11.3 Å². The first-order chi connectivity index (χ1) is 13.4. The summed E-state index contributed by atoms with van der Waals surface area (Å²) in [4.78, 5) is 0. The van der Waals surface area contributed by atoms with Crippen molar-refractivity contribution in [3.63, 3.8) is 0 Å². The Morgan fingerprint density at radius 3 is 2.57 bits per heavy atom. The summed E-state index contributed by atoms with van der Waals surface area (Å²) in [6.45, 7) is 13.2. The molecule has 0 radical (unpaired) electrons. The van der Waals surface area contributed by atoms with E-state index in [-0.39, 0.29) is 0 Å². The molecule has 4 rings (SSSR count). The van der Waals surface area contributed by atoms with Crippen molar-refractivity contribution in [1.29, 1.82) is 0 Å². The Balaban J connectivity index is 1.43. The minimum Gasteiger partial charge on any atom is -0.315 e. The highest BCUT2D eigenvalue weighted by atomic mass is 15.0. The van der Waals surface area contributed by atoms with E-state index in [0.717, 1.165) is 25.0 Å². The molecule has 1 aromatic carbocycles. The molecule has 2 N–H and O–H groups in total. The van der Waals surface area contributed by atoms with Crippen LogP contribution in [0.1, 0.15) is 95.2 Å². The van der Waals surface area contributed by atoms with Crippen LogP contribution in [-0.2, 0) is 11.8 Å². The maximum absolute atomic E-state index is 3.83. The SMILES string of the molecule is CC(C)c1ccc2c(c1)CC[C@H]1[C@](C)(CNCCNC3CCC3)CCC[C@]21C. The quantitative estimate of drug-likeness (QED) is 0.604. The molecule has 3 aliphatic rings. The molecule has 2 saturated carbocycles. The fourth-order valence-corrected chi connectivity index (χ4v) is 6.57. The molecule has 2 heteroatoms. The highest BCUT2D eigenvalue weighted by Crippen LogP contribution is 2.57. The predicted octanol–water partition coefficient (Wildman–Crippen LogP) is 5.55. The van der Waals surface area contributed by atoms with Crippen LogP contribution in [0, 0.1) is 11.3 Å². The molecule has 0 aliphatic heterocycles. The molecule has 0 aromatic heterocycles. The molecule has 28 heavy (non-hydrogen) atoms. The zero-order valence-corrected chi connectivity index (χ0v) is 18.7. The van der Waals surface area contributed by atoms with E-state index in [4.69, 9.17) is 0 Å². The van der Waals surface area contributed by atoms with Crippen molar-refractivity contribution in [2.75, 3.05) is 19.6 Å². The van der Waals surface area contributed by atoms with E-state index >= 15 is 0 Å². The van der Waals surface area contributed by atoms with Crippen molar-refractivity contribution in [2.45, 2.75) is 96.4 Å². The van der Waals surface area contributed by atoms with Gasteiger partial charge in [-0.3, -0.25) is 0 Å². The number of hydrogen-bond donors (Lipinski definition) is 2. The van der Waals surface area contributed by atoms with E-state index in [1.165, 1.54) is 63.5 Å². The predicted molar refractivity (Wildman–Crippen MR) is 120 cm³/mol. The second-order valence-corrected chi connectivity index (χ2v) is 10.8. The number of rotatable bonds is 7. The lowest BCUT2D eigenvalue weighted by Crippen LogP contribution is -2.53. The van der Waals surface area contributed by atoms with Gasteiger partial charge >= 0.3 is 0 Å². The summed E-state index contributed by atoms with van der Waals surface area (Å²) >= 11 is 0. The smallest absolute Gasteiger partial charge is 0.00793 e.